The molecule has 3 aromatic rings. The van der Waals surface area contributed by atoms with Gasteiger partial charge in [0.05, 0.1) is 5.69 Å². The standard InChI is InChI=1S/C18H12N2O2/c21-17-9-10-18(22)20(17)14-7-5-12(6-8-14)16-11-13-3-1-2-4-15(13)19-16/h1-11,19H. The number of benzene rings is 2. The van der Waals surface area contributed by atoms with Crippen molar-refractivity contribution in [2.45, 2.75) is 0 Å². The van der Waals surface area contributed by atoms with Gasteiger partial charge in [0.1, 0.15) is 0 Å². The number of amides is 2. The Balaban J connectivity index is 1.70. The number of H-pyrrole nitrogens is 1. The molecular formula is C18H12N2O2. The summed E-state index contributed by atoms with van der Waals surface area (Å²) in [6, 6.07) is 17.5. The van der Waals surface area contributed by atoms with Crippen LogP contribution < -0.4 is 4.90 Å². The molecule has 0 saturated heterocycles. The van der Waals surface area contributed by atoms with Gasteiger partial charge in [-0.1, -0.05) is 30.3 Å². The van der Waals surface area contributed by atoms with Crippen LogP contribution in [-0.2, 0) is 9.59 Å². The first kappa shape index (κ1) is 12.6. The Morgan fingerprint density at radius 1 is 0.818 bits per heavy atom. The van der Waals surface area contributed by atoms with Gasteiger partial charge in [-0.2, -0.15) is 0 Å². The van der Waals surface area contributed by atoms with Crippen LogP contribution in [0.15, 0.2) is 66.7 Å². The second kappa shape index (κ2) is 4.70. The lowest BCUT2D eigenvalue weighted by molar-refractivity contribution is -0.119. The summed E-state index contributed by atoms with van der Waals surface area (Å²) < 4.78 is 0. The number of fused-ring (bicyclic) bond motifs is 1. The summed E-state index contributed by atoms with van der Waals surface area (Å²) in [7, 11) is 0. The second-order valence-corrected chi connectivity index (χ2v) is 5.16. The summed E-state index contributed by atoms with van der Waals surface area (Å²) in [5.41, 5.74) is 3.67. The summed E-state index contributed by atoms with van der Waals surface area (Å²) in [6.45, 7) is 0. The molecule has 0 fully saturated rings. The maximum atomic E-state index is 11.7. The number of aromatic amines is 1. The number of hydrogen-bond acceptors (Lipinski definition) is 2. The summed E-state index contributed by atoms with van der Waals surface area (Å²) in [5.74, 6) is -0.605. The fraction of sp³-hybridized carbons (Fsp3) is 0. The van der Waals surface area contributed by atoms with Gasteiger partial charge in [-0.15, -0.1) is 0 Å². The molecule has 0 saturated carbocycles. The molecule has 0 atom stereocenters. The van der Waals surface area contributed by atoms with Crippen molar-refractivity contribution in [1.82, 2.24) is 4.98 Å². The van der Waals surface area contributed by atoms with E-state index in [2.05, 4.69) is 17.1 Å². The molecule has 2 aromatic carbocycles. The van der Waals surface area contributed by atoms with Gasteiger partial charge in [0.15, 0.2) is 0 Å². The van der Waals surface area contributed by atoms with Crippen LogP contribution in [0.4, 0.5) is 5.69 Å². The molecule has 2 amide bonds. The number of para-hydroxylation sites is 1. The van der Waals surface area contributed by atoms with Gasteiger partial charge in [-0.25, -0.2) is 4.90 Å². The molecule has 4 rings (SSSR count). The number of carbonyl (C=O) groups excluding carboxylic acids is 2. The average molecular weight is 288 g/mol. The third-order valence-electron chi connectivity index (χ3n) is 3.78. The first-order valence-corrected chi connectivity index (χ1v) is 6.97. The third-order valence-corrected chi connectivity index (χ3v) is 3.78. The first-order valence-electron chi connectivity index (χ1n) is 6.97. The lowest BCUT2D eigenvalue weighted by Crippen LogP contribution is -2.29. The SMILES string of the molecule is O=C1C=CC(=O)N1c1ccc(-c2cc3ccccc3[nH]2)cc1. The minimum absolute atomic E-state index is 0.302. The fourth-order valence-corrected chi connectivity index (χ4v) is 2.67. The molecule has 0 spiro atoms. The van der Waals surface area contributed by atoms with Gasteiger partial charge in [-0.05, 0) is 29.8 Å². The number of carbonyl (C=O) groups is 2. The van der Waals surface area contributed by atoms with E-state index in [1.165, 1.54) is 12.2 Å². The topological polar surface area (TPSA) is 53.2 Å². The molecule has 1 aliphatic heterocycles. The Morgan fingerprint density at radius 2 is 1.50 bits per heavy atom. The number of imide groups is 1. The lowest BCUT2D eigenvalue weighted by Gasteiger charge is -2.13. The van der Waals surface area contributed by atoms with Crippen LogP contribution in [0.5, 0.6) is 0 Å². The normalized spacial score (nSPS) is 14.3. The van der Waals surface area contributed by atoms with E-state index in [0.29, 0.717) is 5.69 Å². The van der Waals surface area contributed by atoms with E-state index in [4.69, 9.17) is 0 Å². The largest absolute Gasteiger partial charge is 0.355 e. The molecule has 22 heavy (non-hydrogen) atoms. The average Bonchev–Trinajstić information content (AvgIpc) is 3.11. The summed E-state index contributed by atoms with van der Waals surface area (Å²) >= 11 is 0. The predicted molar refractivity (Wildman–Crippen MR) is 85.4 cm³/mol. The van der Waals surface area contributed by atoms with Crippen molar-refractivity contribution in [3.63, 3.8) is 0 Å². The molecule has 0 aliphatic carbocycles. The minimum Gasteiger partial charge on any atom is -0.355 e. The van der Waals surface area contributed by atoms with E-state index in [1.807, 2.05) is 30.3 Å². The van der Waals surface area contributed by atoms with Crippen LogP contribution >= 0.6 is 0 Å². The maximum absolute atomic E-state index is 11.7. The van der Waals surface area contributed by atoms with Crippen LogP contribution in [-0.4, -0.2) is 16.8 Å². The van der Waals surface area contributed by atoms with Gasteiger partial charge in [0.25, 0.3) is 11.8 Å². The molecule has 106 valence electrons. The van der Waals surface area contributed by atoms with Gasteiger partial charge >= 0.3 is 0 Å². The van der Waals surface area contributed by atoms with Crippen molar-refractivity contribution < 1.29 is 9.59 Å². The zero-order chi connectivity index (χ0) is 15.1. The van der Waals surface area contributed by atoms with Crippen molar-refractivity contribution in [1.29, 1.82) is 0 Å². The van der Waals surface area contributed by atoms with Gasteiger partial charge in [0.2, 0.25) is 0 Å². The van der Waals surface area contributed by atoms with Crippen molar-refractivity contribution in [3.05, 3.63) is 66.7 Å². The van der Waals surface area contributed by atoms with E-state index in [0.717, 1.165) is 27.1 Å². The Kier molecular flexibility index (Phi) is 2.69. The minimum atomic E-state index is -0.302. The van der Waals surface area contributed by atoms with Crippen LogP contribution in [0.25, 0.3) is 22.2 Å². The molecule has 1 N–H and O–H groups in total. The zero-order valence-corrected chi connectivity index (χ0v) is 11.6. The summed E-state index contributed by atoms with van der Waals surface area (Å²) in [5, 5.41) is 1.15. The molecule has 4 nitrogen and oxygen atoms in total. The molecule has 1 aromatic heterocycles. The third kappa shape index (κ3) is 1.93. The lowest BCUT2D eigenvalue weighted by atomic mass is 10.1. The predicted octanol–water partition coefficient (Wildman–Crippen LogP) is 3.26. The molecule has 1 aliphatic rings. The molecular weight excluding hydrogens is 276 g/mol. The fourth-order valence-electron chi connectivity index (χ4n) is 2.67. The van der Waals surface area contributed by atoms with E-state index in [-0.39, 0.29) is 11.8 Å². The number of anilines is 1. The number of rotatable bonds is 2. The van der Waals surface area contributed by atoms with Crippen LogP contribution in [0.2, 0.25) is 0 Å². The highest BCUT2D eigenvalue weighted by Crippen LogP contribution is 2.27. The summed E-state index contributed by atoms with van der Waals surface area (Å²) in [4.78, 5) is 27.9. The quantitative estimate of drug-likeness (QED) is 0.736. The molecule has 0 radical (unpaired) electrons. The van der Waals surface area contributed by atoms with Crippen LogP contribution in [0.1, 0.15) is 0 Å². The monoisotopic (exact) mass is 288 g/mol. The van der Waals surface area contributed by atoms with E-state index >= 15 is 0 Å². The molecule has 4 heteroatoms. The maximum Gasteiger partial charge on any atom is 0.258 e. The first-order chi connectivity index (χ1) is 10.7. The Hall–Kier alpha value is -3.14. The number of aromatic nitrogens is 1. The second-order valence-electron chi connectivity index (χ2n) is 5.16. The Morgan fingerprint density at radius 3 is 2.18 bits per heavy atom. The molecule has 0 unspecified atom stereocenters. The van der Waals surface area contributed by atoms with Crippen molar-refractivity contribution >= 4 is 28.4 Å². The highest BCUT2D eigenvalue weighted by atomic mass is 16.2. The Bertz CT molecular complexity index is 869. The highest BCUT2D eigenvalue weighted by Gasteiger charge is 2.24. The van der Waals surface area contributed by atoms with Crippen molar-refractivity contribution in [3.8, 4) is 11.3 Å². The highest BCUT2D eigenvalue weighted by molar-refractivity contribution is 6.28. The van der Waals surface area contributed by atoms with Gasteiger partial charge in [-0.3, -0.25) is 9.59 Å². The van der Waals surface area contributed by atoms with E-state index in [9.17, 15) is 9.59 Å². The van der Waals surface area contributed by atoms with E-state index in [1.54, 1.807) is 12.1 Å². The number of nitrogens with zero attached hydrogens (tertiary/aromatic N) is 1. The summed E-state index contributed by atoms with van der Waals surface area (Å²) in [6.07, 6.45) is 2.57. The smallest absolute Gasteiger partial charge is 0.258 e. The number of hydrogen-bond donors (Lipinski definition) is 1. The number of nitrogens with one attached hydrogen (secondary N) is 1. The van der Waals surface area contributed by atoms with Crippen molar-refractivity contribution in [2.24, 2.45) is 0 Å². The van der Waals surface area contributed by atoms with Gasteiger partial charge in [0, 0.05) is 28.7 Å². The van der Waals surface area contributed by atoms with Crippen molar-refractivity contribution in [2.75, 3.05) is 4.90 Å². The molecule has 0 bridgehead atoms. The Labute approximate surface area is 126 Å². The van der Waals surface area contributed by atoms with Crippen LogP contribution in [0, 0.1) is 0 Å². The zero-order valence-electron chi connectivity index (χ0n) is 11.6. The van der Waals surface area contributed by atoms with Crippen LogP contribution in [0.3, 0.4) is 0 Å². The van der Waals surface area contributed by atoms with Gasteiger partial charge < -0.3 is 4.98 Å². The molecule has 2 heterocycles. The van der Waals surface area contributed by atoms with E-state index < -0.39 is 0 Å².